The van der Waals surface area contributed by atoms with Crippen LogP contribution < -0.4 is 10.1 Å². The minimum Gasteiger partial charge on any atom is -0.491 e. The maximum absolute atomic E-state index is 5.87. The van der Waals surface area contributed by atoms with Crippen LogP contribution >= 0.6 is 0 Å². The number of pyridine rings is 1. The van der Waals surface area contributed by atoms with Crippen molar-refractivity contribution in [2.75, 3.05) is 13.2 Å². The van der Waals surface area contributed by atoms with Gasteiger partial charge in [0.1, 0.15) is 11.3 Å². The van der Waals surface area contributed by atoms with E-state index in [1.54, 1.807) is 6.20 Å². The first-order chi connectivity index (χ1) is 9.31. The first-order valence-electron chi connectivity index (χ1n) is 7.01. The number of fused-ring (bicyclic) bond motifs is 1. The molecule has 3 nitrogen and oxygen atoms in total. The molecule has 0 fully saturated rings. The average molecular weight is 258 g/mol. The van der Waals surface area contributed by atoms with Crippen molar-refractivity contribution in [1.29, 1.82) is 0 Å². The molecule has 0 spiro atoms. The van der Waals surface area contributed by atoms with Gasteiger partial charge in [0.2, 0.25) is 0 Å². The van der Waals surface area contributed by atoms with Crippen LogP contribution in [0.4, 0.5) is 0 Å². The summed E-state index contributed by atoms with van der Waals surface area (Å²) in [7, 11) is 0. The van der Waals surface area contributed by atoms with Gasteiger partial charge in [0.15, 0.2) is 0 Å². The zero-order chi connectivity index (χ0) is 13.5. The van der Waals surface area contributed by atoms with Crippen molar-refractivity contribution in [3.05, 3.63) is 36.5 Å². The highest BCUT2D eigenvalue weighted by Gasteiger charge is 2.04. The second-order valence-electron chi connectivity index (χ2n) is 4.82. The van der Waals surface area contributed by atoms with E-state index >= 15 is 0 Å². The topological polar surface area (TPSA) is 34.1 Å². The molecule has 3 heteroatoms. The van der Waals surface area contributed by atoms with Gasteiger partial charge in [-0.15, -0.1) is 0 Å². The summed E-state index contributed by atoms with van der Waals surface area (Å²) in [6.45, 7) is 6.16. The molecule has 19 heavy (non-hydrogen) atoms. The second-order valence-corrected chi connectivity index (χ2v) is 4.82. The summed E-state index contributed by atoms with van der Waals surface area (Å²) in [5, 5.41) is 4.58. The van der Waals surface area contributed by atoms with E-state index < -0.39 is 0 Å². The first-order valence-corrected chi connectivity index (χ1v) is 7.01. The van der Waals surface area contributed by atoms with Crippen LogP contribution in [0.1, 0.15) is 26.7 Å². The van der Waals surface area contributed by atoms with Gasteiger partial charge in [-0.25, -0.2) is 0 Å². The molecule has 1 N–H and O–H groups in total. The Labute approximate surface area is 115 Å². The maximum Gasteiger partial charge on any atom is 0.145 e. The molecule has 0 aliphatic heterocycles. The Morgan fingerprint density at radius 1 is 1.26 bits per heavy atom. The number of rotatable bonds is 7. The molecule has 0 aliphatic rings. The second kappa shape index (κ2) is 7.10. The van der Waals surface area contributed by atoms with Crippen molar-refractivity contribution >= 4 is 10.9 Å². The normalized spacial score (nSPS) is 12.5. The molecular weight excluding hydrogens is 236 g/mol. The van der Waals surface area contributed by atoms with Crippen molar-refractivity contribution in [3.63, 3.8) is 0 Å². The third-order valence-electron chi connectivity index (χ3n) is 3.15. The van der Waals surface area contributed by atoms with Gasteiger partial charge in [-0.2, -0.15) is 0 Å². The minimum absolute atomic E-state index is 0.489. The standard InChI is InChI=1S/C16H22N2O/c1-3-10-17-13(2)9-12-19-15-8-4-6-14-7-5-11-18-16(14)15/h4-8,11,13,17H,3,9-10,12H2,1-2H3. The summed E-state index contributed by atoms with van der Waals surface area (Å²) < 4.78 is 5.87. The van der Waals surface area contributed by atoms with Gasteiger partial charge >= 0.3 is 0 Å². The molecule has 0 saturated heterocycles. The van der Waals surface area contributed by atoms with E-state index in [1.807, 2.05) is 18.2 Å². The smallest absolute Gasteiger partial charge is 0.145 e. The van der Waals surface area contributed by atoms with Crippen molar-refractivity contribution < 1.29 is 4.74 Å². The Morgan fingerprint density at radius 3 is 2.95 bits per heavy atom. The molecule has 1 atom stereocenters. The third-order valence-corrected chi connectivity index (χ3v) is 3.15. The van der Waals surface area contributed by atoms with Crippen LogP contribution in [0.15, 0.2) is 36.5 Å². The van der Waals surface area contributed by atoms with Crippen molar-refractivity contribution in [1.82, 2.24) is 10.3 Å². The maximum atomic E-state index is 5.87. The summed E-state index contributed by atoms with van der Waals surface area (Å²) in [6, 6.07) is 10.5. The number of hydrogen-bond acceptors (Lipinski definition) is 3. The Bertz CT molecular complexity index is 508. The summed E-state index contributed by atoms with van der Waals surface area (Å²) in [4.78, 5) is 4.39. The predicted molar refractivity (Wildman–Crippen MR) is 79.6 cm³/mol. The summed E-state index contributed by atoms with van der Waals surface area (Å²) in [6.07, 6.45) is 3.97. The zero-order valence-electron chi connectivity index (χ0n) is 11.7. The molecule has 1 aromatic carbocycles. The van der Waals surface area contributed by atoms with E-state index in [4.69, 9.17) is 4.74 Å². The van der Waals surface area contributed by atoms with Gasteiger partial charge in [-0.05, 0) is 38.4 Å². The van der Waals surface area contributed by atoms with Crippen molar-refractivity contribution in [2.45, 2.75) is 32.7 Å². The fourth-order valence-corrected chi connectivity index (χ4v) is 2.03. The van der Waals surface area contributed by atoms with Gasteiger partial charge in [0.25, 0.3) is 0 Å². The van der Waals surface area contributed by atoms with Crippen LogP contribution in [0.2, 0.25) is 0 Å². The molecule has 1 aromatic heterocycles. The lowest BCUT2D eigenvalue weighted by atomic mass is 10.2. The number of nitrogens with one attached hydrogen (secondary N) is 1. The van der Waals surface area contributed by atoms with Crippen LogP contribution in [0.5, 0.6) is 5.75 Å². The van der Waals surface area contributed by atoms with E-state index in [0.717, 1.165) is 29.6 Å². The van der Waals surface area contributed by atoms with Gasteiger partial charge in [0, 0.05) is 17.6 Å². The van der Waals surface area contributed by atoms with E-state index in [0.29, 0.717) is 12.6 Å². The summed E-state index contributed by atoms with van der Waals surface area (Å²) in [5.74, 6) is 0.876. The Morgan fingerprint density at radius 2 is 2.11 bits per heavy atom. The molecule has 0 aliphatic carbocycles. The predicted octanol–water partition coefficient (Wildman–Crippen LogP) is 3.39. The van der Waals surface area contributed by atoms with Gasteiger partial charge < -0.3 is 10.1 Å². The van der Waals surface area contributed by atoms with Crippen molar-refractivity contribution in [2.24, 2.45) is 0 Å². The van der Waals surface area contributed by atoms with E-state index in [9.17, 15) is 0 Å². The number of aromatic nitrogens is 1. The van der Waals surface area contributed by atoms with Crippen LogP contribution in [-0.4, -0.2) is 24.2 Å². The number of ether oxygens (including phenoxy) is 1. The number of benzene rings is 1. The molecule has 0 radical (unpaired) electrons. The minimum atomic E-state index is 0.489. The van der Waals surface area contributed by atoms with Crippen LogP contribution in [0, 0.1) is 0 Å². The quantitative estimate of drug-likeness (QED) is 0.826. The molecule has 102 valence electrons. The van der Waals surface area contributed by atoms with E-state index in [2.05, 4.69) is 36.3 Å². The molecular formula is C16H22N2O. The number of para-hydroxylation sites is 1. The zero-order valence-corrected chi connectivity index (χ0v) is 11.7. The third kappa shape index (κ3) is 3.93. The SMILES string of the molecule is CCCNC(C)CCOc1cccc2cccnc12. The molecule has 2 rings (SSSR count). The monoisotopic (exact) mass is 258 g/mol. The van der Waals surface area contributed by atoms with Gasteiger partial charge in [-0.3, -0.25) is 4.98 Å². The molecule has 0 bridgehead atoms. The van der Waals surface area contributed by atoms with E-state index in [1.165, 1.54) is 6.42 Å². The Hall–Kier alpha value is -1.61. The Balaban J connectivity index is 1.91. The summed E-state index contributed by atoms with van der Waals surface area (Å²) in [5.41, 5.74) is 0.944. The van der Waals surface area contributed by atoms with Crippen LogP contribution in [-0.2, 0) is 0 Å². The number of hydrogen-bond donors (Lipinski definition) is 1. The molecule has 1 unspecified atom stereocenters. The number of nitrogens with zero attached hydrogens (tertiary/aromatic N) is 1. The lowest BCUT2D eigenvalue weighted by Gasteiger charge is -2.14. The highest BCUT2D eigenvalue weighted by Crippen LogP contribution is 2.22. The van der Waals surface area contributed by atoms with Crippen LogP contribution in [0.3, 0.4) is 0 Å². The Kier molecular flexibility index (Phi) is 5.16. The van der Waals surface area contributed by atoms with Gasteiger partial charge in [-0.1, -0.05) is 25.1 Å². The lowest BCUT2D eigenvalue weighted by molar-refractivity contribution is 0.293. The van der Waals surface area contributed by atoms with Gasteiger partial charge in [0.05, 0.1) is 6.61 Å². The van der Waals surface area contributed by atoms with E-state index in [-0.39, 0.29) is 0 Å². The largest absolute Gasteiger partial charge is 0.491 e. The highest BCUT2D eigenvalue weighted by molar-refractivity contribution is 5.84. The first kappa shape index (κ1) is 13.8. The molecule has 0 saturated carbocycles. The lowest BCUT2D eigenvalue weighted by Crippen LogP contribution is -2.28. The molecule has 0 amide bonds. The highest BCUT2D eigenvalue weighted by atomic mass is 16.5. The fourth-order valence-electron chi connectivity index (χ4n) is 2.03. The molecule has 1 heterocycles. The average Bonchev–Trinajstić information content (AvgIpc) is 2.45. The fraction of sp³-hybridized carbons (Fsp3) is 0.438. The molecule has 2 aromatic rings. The van der Waals surface area contributed by atoms with Crippen molar-refractivity contribution in [3.8, 4) is 5.75 Å². The summed E-state index contributed by atoms with van der Waals surface area (Å²) >= 11 is 0. The van der Waals surface area contributed by atoms with Crippen LogP contribution in [0.25, 0.3) is 10.9 Å².